The zero-order valence-electron chi connectivity index (χ0n) is 15.9. The molecule has 2 saturated heterocycles. The molecule has 0 aliphatic carbocycles. The summed E-state index contributed by atoms with van der Waals surface area (Å²) < 4.78 is 13.7. The molecule has 2 aliphatic heterocycles. The number of anilines is 1. The minimum absolute atomic E-state index is 0.0881. The van der Waals surface area contributed by atoms with E-state index in [1.165, 1.54) is 0 Å². The average molecular weight is 404 g/mol. The van der Waals surface area contributed by atoms with Gasteiger partial charge in [-0.1, -0.05) is 30.3 Å². The Morgan fingerprint density at radius 3 is 2.41 bits per heavy atom. The average Bonchev–Trinajstić information content (AvgIpc) is 3.22. The lowest BCUT2D eigenvalue weighted by atomic mass is 10.0. The summed E-state index contributed by atoms with van der Waals surface area (Å²) in [7, 11) is 0. The summed E-state index contributed by atoms with van der Waals surface area (Å²) in [6, 6.07) is 15.8. The van der Waals surface area contributed by atoms with Crippen LogP contribution in [0.2, 0.25) is 0 Å². The number of rotatable bonds is 1. The number of hydrogen-bond donors (Lipinski definition) is 0. The molecule has 4 aromatic rings. The van der Waals surface area contributed by atoms with Gasteiger partial charge in [0.15, 0.2) is 11.2 Å². The number of pyridine rings is 1. The van der Waals surface area contributed by atoms with Crippen LogP contribution in [0.1, 0.15) is 12.8 Å². The minimum atomic E-state index is -0.428. The predicted octanol–water partition coefficient (Wildman–Crippen LogP) is 4.31. The number of aromatic nitrogens is 1. The van der Waals surface area contributed by atoms with E-state index in [0.717, 1.165) is 62.8 Å². The molecule has 0 N–H and O–H groups in total. The number of piperidine rings is 1. The van der Waals surface area contributed by atoms with Gasteiger partial charge >= 0.3 is 0 Å². The normalized spacial score (nSPS) is 19.0. The van der Waals surface area contributed by atoms with Crippen molar-refractivity contribution in [1.29, 1.82) is 0 Å². The molecule has 0 unspecified atom stereocenters. The predicted molar refractivity (Wildman–Crippen MR) is 117 cm³/mol. The molecule has 6 rings (SSSR count). The number of fused-ring (bicyclic) bond motifs is 4. The van der Waals surface area contributed by atoms with Crippen molar-refractivity contribution in [2.75, 3.05) is 31.2 Å². The van der Waals surface area contributed by atoms with Gasteiger partial charge in [0.25, 0.3) is 0 Å². The molecule has 4 heterocycles. The van der Waals surface area contributed by atoms with Crippen LogP contribution in [-0.2, 0) is 9.47 Å². The highest BCUT2D eigenvalue weighted by Gasteiger charge is 2.40. The second kappa shape index (κ2) is 6.49. The van der Waals surface area contributed by atoms with E-state index < -0.39 is 5.79 Å². The molecule has 2 aromatic carbocycles. The SMILES string of the molecule is O=c1c2ccccc2sc2c(N3CCC4(CC3)OCCO4)nc3ccccc3c12. The highest BCUT2D eigenvalue weighted by atomic mass is 32.1. The Morgan fingerprint density at radius 1 is 0.931 bits per heavy atom. The van der Waals surface area contributed by atoms with Crippen LogP contribution in [0.4, 0.5) is 5.82 Å². The van der Waals surface area contributed by atoms with E-state index in [1.807, 2.05) is 48.5 Å². The molecule has 6 heteroatoms. The van der Waals surface area contributed by atoms with Gasteiger partial charge in [-0.15, -0.1) is 11.3 Å². The molecule has 29 heavy (non-hydrogen) atoms. The highest BCUT2D eigenvalue weighted by molar-refractivity contribution is 7.25. The molecule has 5 nitrogen and oxygen atoms in total. The maximum Gasteiger partial charge on any atom is 0.196 e. The fourth-order valence-electron chi connectivity index (χ4n) is 4.55. The molecule has 0 saturated carbocycles. The van der Waals surface area contributed by atoms with Crippen LogP contribution in [0.5, 0.6) is 0 Å². The fraction of sp³-hybridized carbons (Fsp3) is 0.304. The molecule has 2 aromatic heterocycles. The van der Waals surface area contributed by atoms with Crippen molar-refractivity contribution >= 4 is 48.2 Å². The van der Waals surface area contributed by atoms with E-state index in [2.05, 4.69) is 4.90 Å². The van der Waals surface area contributed by atoms with Crippen molar-refractivity contribution in [2.24, 2.45) is 0 Å². The molecule has 1 spiro atoms. The van der Waals surface area contributed by atoms with Gasteiger partial charge in [0.05, 0.1) is 28.8 Å². The van der Waals surface area contributed by atoms with Crippen molar-refractivity contribution in [3.8, 4) is 0 Å². The Bertz CT molecular complexity index is 1300. The monoisotopic (exact) mass is 404 g/mol. The van der Waals surface area contributed by atoms with Crippen LogP contribution in [0, 0.1) is 0 Å². The van der Waals surface area contributed by atoms with Crippen LogP contribution < -0.4 is 10.3 Å². The van der Waals surface area contributed by atoms with Crippen LogP contribution in [-0.4, -0.2) is 37.1 Å². The Labute approximate surface area is 171 Å². The zero-order chi connectivity index (χ0) is 19.4. The Morgan fingerprint density at radius 2 is 1.62 bits per heavy atom. The van der Waals surface area contributed by atoms with Gasteiger partial charge in [-0.25, -0.2) is 4.98 Å². The first-order valence-electron chi connectivity index (χ1n) is 10.0. The molecule has 146 valence electrons. The molecule has 0 bridgehead atoms. The first kappa shape index (κ1) is 17.3. The summed E-state index contributed by atoms with van der Waals surface area (Å²) in [5.41, 5.74) is 0.952. The third-order valence-corrected chi connectivity index (χ3v) is 7.21. The maximum absolute atomic E-state index is 13.5. The van der Waals surface area contributed by atoms with Crippen molar-refractivity contribution < 1.29 is 9.47 Å². The van der Waals surface area contributed by atoms with Crippen molar-refractivity contribution in [3.05, 3.63) is 58.8 Å². The van der Waals surface area contributed by atoms with E-state index in [-0.39, 0.29) is 5.43 Å². The van der Waals surface area contributed by atoms with Gasteiger partial charge in [0, 0.05) is 41.4 Å². The fourth-order valence-corrected chi connectivity index (χ4v) is 5.76. The van der Waals surface area contributed by atoms with Crippen molar-refractivity contribution in [1.82, 2.24) is 4.98 Å². The van der Waals surface area contributed by atoms with Gasteiger partial charge in [-0.05, 0) is 18.2 Å². The molecule has 2 fully saturated rings. The van der Waals surface area contributed by atoms with Gasteiger partial charge in [0.1, 0.15) is 5.82 Å². The summed E-state index contributed by atoms with van der Waals surface area (Å²) in [6.07, 6.45) is 1.62. The molecule has 0 amide bonds. The van der Waals surface area contributed by atoms with Crippen molar-refractivity contribution in [2.45, 2.75) is 18.6 Å². The number of ether oxygens (including phenoxy) is 2. The first-order valence-corrected chi connectivity index (χ1v) is 10.8. The number of nitrogens with zero attached hydrogens (tertiary/aromatic N) is 2. The summed E-state index contributed by atoms with van der Waals surface area (Å²) in [5.74, 6) is 0.475. The van der Waals surface area contributed by atoms with Crippen molar-refractivity contribution in [3.63, 3.8) is 0 Å². The second-order valence-electron chi connectivity index (χ2n) is 7.68. The molecular formula is C23H20N2O3S. The third kappa shape index (κ3) is 2.67. The van der Waals surface area contributed by atoms with Gasteiger partial charge in [-0.3, -0.25) is 4.79 Å². The summed E-state index contributed by atoms with van der Waals surface area (Å²) in [5, 5.41) is 2.48. The molecule has 0 atom stereocenters. The lowest BCUT2D eigenvalue weighted by Crippen LogP contribution is -2.45. The highest BCUT2D eigenvalue weighted by Crippen LogP contribution is 2.39. The number of benzene rings is 2. The summed E-state index contributed by atoms with van der Waals surface area (Å²) >= 11 is 1.66. The Hall–Kier alpha value is -2.54. The van der Waals surface area contributed by atoms with Gasteiger partial charge in [0.2, 0.25) is 0 Å². The lowest BCUT2D eigenvalue weighted by molar-refractivity contribution is -0.169. The molecule has 2 aliphatic rings. The van der Waals surface area contributed by atoms with E-state index in [0.29, 0.717) is 13.2 Å². The topological polar surface area (TPSA) is 51.7 Å². The maximum atomic E-state index is 13.5. The van der Waals surface area contributed by atoms with Crippen LogP contribution >= 0.6 is 11.3 Å². The van der Waals surface area contributed by atoms with E-state index in [9.17, 15) is 4.79 Å². The minimum Gasteiger partial charge on any atom is -0.355 e. The van der Waals surface area contributed by atoms with E-state index in [1.54, 1.807) is 11.3 Å². The Kier molecular flexibility index (Phi) is 3.88. The third-order valence-electron chi connectivity index (χ3n) is 6.04. The smallest absolute Gasteiger partial charge is 0.196 e. The van der Waals surface area contributed by atoms with Gasteiger partial charge < -0.3 is 14.4 Å². The summed E-state index contributed by atoms with van der Waals surface area (Å²) in [4.78, 5) is 20.8. The second-order valence-corrected chi connectivity index (χ2v) is 8.73. The Balaban J connectivity index is 1.58. The standard InChI is InChI=1S/C23H20N2O3S/c26-20-16-6-2-4-8-18(16)29-21-19(20)15-5-1-3-7-17(15)24-22(21)25-11-9-23(10-12-25)27-13-14-28-23/h1-8H,9-14H2. The zero-order valence-corrected chi connectivity index (χ0v) is 16.7. The van der Waals surface area contributed by atoms with Crippen LogP contribution in [0.25, 0.3) is 31.1 Å². The van der Waals surface area contributed by atoms with E-state index in [4.69, 9.17) is 14.5 Å². The quantitative estimate of drug-likeness (QED) is 0.350. The first-order chi connectivity index (χ1) is 14.2. The lowest BCUT2D eigenvalue weighted by Gasteiger charge is -2.38. The number of hydrogen-bond acceptors (Lipinski definition) is 6. The largest absolute Gasteiger partial charge is 0.355 e. The van der Waals surface area contributed by atoms with Crippen LogP contribution in [0.15, 0.2) is 53.3 Å². The van der Waals surface area contributed by atoms with Crippen LogP contribution in [0.3, 0.4) is 0 Å². The van der Waals surface area contributed by atoms with Gasteiger partial charge in [-0.2, -0.15) is 0 Å². The van der Waals surface area contributed by atoms with E-state index >= 15 is 0 Å². The number of para-hydroxylation sites is 1. The summed E-state index contributed by atoms with van der Waals surface area (Å²) in [6.45, 7) is 2.94. The molecule has 0 radical (unpaired) electrons. The molecular weight excluding hydrogens is 384 g/mol.